The number of hydrogen-bond acceptors (Lipinski definition) is 17. The van der Waals surface area contributed by atoms with Gasteiger partial charge < -0.3 is 54.0 Å². The smallest absolute Gasteiger partial charge is 0.333 e. The highest BCUT2D eigenvalue weighted by Crippen LogP contribution is 2.52. The molecule has 5 N–H and O–H groups in total. The summed E-state index contributed by atoms with van der Waals surface area (Å²) in [5.74, 6) is -8.89. The zero-order valence-electron chi connectivity index (χ0n) is 35.7. The maximum atomic E-state index is 14.4. The minimum atomic E-state index is -3.47. The maximum absolute atomic E-state index is 14.4. The van der Waals surface area contributed by atoms with Gasteiger partial charge in [0.15, 0.2) is 42.1 Å². The van der Waals surface area contributed by atoms with Crippen LogP contribution in [-0.4, -0.2) is 127 Å². The quantitative estimate of drug-likeness (QED) is 0.122. The van der Waals surface area contributed by atoms with Crippen LogP contribution < -0.4 is 0 Å². The number of ether oxygens (including phenoxy) is 6. The predicted molar refractivity (Wildman–Crippen MR) is 210 cm³/mol. The lowest BCUT2D eigenvalue weighted by Gasteiger charge is -2.52. The summed E-state index contributed by atoms with van der Waals surface area (Å²) < 4.78 is 35.2. The number of phenols is 1. The van der Waals surface area contributed by atoms with Crippen molar-refractivity contribution in [2.24, 2.45) is 5.92 Å². The molecule has 6 rings (SSSR count). The van der Waals surface area contributed by atoms with Gasteiger partial charge >= 0.3 is 5.97 Å². The number of aliphatic hydroxyl groups excluding tert-OH is 1. The third kappa shape index (κ3) is 7.57. The van der Waals surface area contributed by atoms with E-state index in [1.165, 1.54) is 13.8 Å². The third-order valence-corrected chi connectivity index (χ3v) is 12.5. The Hall–Kier alpha value is -4.62. The van der Waals surface area contributed by atoms with E-state index in [0.29, 0.717) is 5.57 Å². The standard InChI is InChI=1S/C44H54O17/c1-10-11-18(2)14-19(3)41(52)61-39-23(7)58-29(17-42(39,8)53)59-26-12-13-28(57-22(26)6)60-40-36(49)31(21(5)45)37(50)44(55)38(51)32-24(16-43(40,44)54)20(4)30-33(35(32)48)25(46)15-27(56-9)34(30)47/h14-15,18,22-23,26,28-29,39-40,48,50,53-55H,10-13,16-17H2,1-9H3/b19-14-/t18-,22-,23+,26+,28+,29+,39-,40+,42-,43-,44-/m1/s1. The van der Waals surface area contributed by atoms with Gasteiger partial charge in [-0.15, -0.1) is 0 Å². The number of hydrogen-bond donors (Lipinski definition) is 5. The average molecular weight is 855 g/mol. The first kappa shape index (κ1) is 45.9. The topological polar surface area (TPSA) is 259 Å². The third-order valence-electron chi connectivity index (χ3n) is 12.5. The molecule has 2 saturated heterocycles. The lowest BCUT2D eigenvalue weighted by molar-refractivity contribution is -0.316. The van der Waals surface area contributed by atoms with Gasteiger partial charge in [0.1, 0.15) is 28.3 Å². The van der Waals surface area contributed by atoms with Crippen LogP contribution in [0.1, 0.15) is 123 Å². The van der Waals surface area contributed by atoms with Gasteiger partial charge in [-0.25, -0.2) is 4.79 Å². The van der Waals surface area contributed by atoms with Gasteiger partial charge in [0.25, 0.3) is 0 Å². The van der Waals surface area contributed by atoms with E-state index >= 15 is 0 Å². The summed E-state index contributed by atoms with van der Waals surface area (Å²) in [4.78, 5) is 80.7. The van der Waals surface area contributed by atoms with E-state index in [-0.39, 0.29) is 47.6 Å². The van der Waals surface area contributed by atoms with Gasteiger partial charge in [-0.1, -0.05) is 26.3 Å². The highest BCUT2D eigenvalue weighted by Gasteiger charge is 2.71. The molecule has 2 fully saturated rings. The summed E-state index contributed by atoms with van der Waals surface area (Å²) in [5, 5.41) is 58.8. The summed E-state index contributed by atoms with van der Waals surface area (Å²) in [6, 6.07) is 0. The van der Waals surface area contributed by atoms with Gasteiger partial charge in [-0.05, 0) is 71.4 Å². The normalized spacial score (nSPS) is 34.6. The molecule has 0 saturated carbocycles. The Morgan fingerprint density at radius 1 is 0.967 bits per heavy atom. The molecule has 5 aliphatic rings. The SMILES string of the molecule is CCC[C@@H](C)/C=C(/C)C(=O)O[C@@H]1[C@H](C)O[C@@H](O[C@H]2CC[C@H](O[C@H]3C(=O)C(C(C)=O)=C(O)[C@@]4(O)C(=O)c5c(O)c6c(c(C)c5C[C@@]34O)C(=O)C(OC)=CC6=O)O[C@@H]2C)C[C@@]1(C)O. The highest BCUT2D eigenvalue weighted by molar-refractivity contribution is 6.29. The molecule has 61 heavy (non-hydrogen) atoms. The van der Waals surface area contributed by atoms with Crippen LogP contribution in [-0.2, 0) is 49.2 Å². The van der Waals surface area contributed by atoms with Crippen LogP contribution in [0.25, 0.3) is 0 Å². The molecule has 2 aliphatic heterocycles. The predicted octanol–water partition coefficient (Wildman–Crippen LogP) is 3.27. The molecule has 0 unspecified atom stereocenters. The average Bonchev–Trinajstić information content (AvgIpc) is 3.17. The first-order valence-corrected chi connectivity index (χ1v) is 20.4. The van der Waals surface area contributed by atoms with Crippen molar-refractivity contribution in [3.8, 4) is 5.75 Å². The Morgan fingerprint density at radius 2 is 1.62 bits per heavy atom. The number of rotatable bonds is 11. The number of methoxy groups -OCH3 is 1. The van der Waals surface area contributed by atoms with Crippen molar-refractivity contribution < 1.29 is 82.7 Å². The zero-order valence-corrected chi connectivity index (χ0v) is 35.7. The number of fused-ring (bicyclic) bond motifs is 3. The molecule has 17 nitrogen and oxygen atoms in total. The second kappa shape index (κ2) is 16.6. The number of benzene rings is 1. The second-order valence-corrected chi connectivity index (χ2v) is 17.1. The van der Waals surface area contributed by atoms with Crippen molar-refractivity contribution in [1.29, 1.82) is 0 Å². The van der Waals surface area contributed by atoms with Crippen molar-refractivity contribution in [3.05, 3.63) is 62.6 Å². The van der Waals surface area contributed by atoms with E-state index in [1.807, 2.05) is 13.0 Å². The minimum absolute atomic E-state index is 0.0139. The lowest BCUT2D eigenvalue weighted by Crippen LogP contribution is -2.74. The van der Waals surface area contributed by atoms with E-state index in [9.17, 15) is 54.3 Å². The molecule has 11 atom stereocenters. The molecule has 3 aliphatic carbocycles. The molecule has 0 radical (unpaired) electrons. The second-order valence-electron chi connectivity index (χ2n) is 17.1. The summed E-state index contributed by atoms with van der Waals surface area (Å²) in [7, 11) is 1.15. The lowest BCUT2D eigenvalue weighted by atomic mass is 9.58. The van der Waals surface area contributed by atoms with E-state index in [1.54, 1.807) is 20.8 Å². The van der Waals surface area contributed by atoms with Crippen LogP contribution in [0, 0.1) is 12.8 Å². The summed E-state index contributed by atoms with van der Waals surface area (Å²) >= 11 is 0. The molecule has 1 aromatic carbocycles. The number of Topliss-reactive ketones (excluding diaryl/α,β-unsaturated/α-hetero) is 4. The van der Waals surface area contributed by atoms with Gasteiger partial charge in [-0.2, -0.15) is 0 Å². The van der Waals surface area contributed by atoms with Crippen molar-refractivity contribution >= 4 is 34.9 Å². The fraction of sp³-hybridized carbons (Fsp3) is 0.591. The number of aliphatic hydroxyl groups is 4. The Labute approximate surface area is 352 Å². The van der Waals surface area contributed by atoms with Crippen LogP contribution in [0.4, 0.5) is 0 Å². The van der Waals surface area contributed by atoms with Crippen molar-refractivity contribution in [2.75, 3.05) is 7.11 Å². The molecule has 1 aromatic rings. The number of phenolic OH excluding ortho intramolecular Hbond substituents is 1. The molecule has 0 bridgehead atoms. The summed E-state index contributed by atoms with van der Waals surface area (Å²) in [6.07, 6.45) is -4.07. The van der Waals surface area contributed by atoms with Crippen LogP contribution in [0.5, 0.6) is 5.75 Å². The van der Waals surface area contributed by atoms with Gasteiger partial charge in [0.2, 0.25) is 23.0 Å². The molecule has 0 spiro atoms. The maximum Gasteiger partial charge on any atom is 0.333 e. The van der Waals surface area contributed by atoms with E-state index < -0.39 is 129 Å². The fourth-order valence-electron chi connectivity index (χ4n) is 9.38. The number of carbonyl (C=O) groups excluding carboxylic acids is 6. The van der Waals surface area contributed by atoms with Gasteiger partial charge in [-0.3, -0.25) is 24.0 Å². The number of allylic oxidation sites excluding steroid dienone is 3. The molecule has 2 heterocycles. The van der Waals surface area contributed by atoms with Crippen LogP contribution in [0.15, 0.2) is 34.8 Å². The van der Waals surface area contributed by atoms with Crippen molar-refractivity contribution in [2.45, 2.75) is 154 Å². The molecule has 0 amide bonds. The van der Waals surface area contributed by atoms with E-state index in [2.05, 4.69) is 6.92 Å². The van der Waals surface area contributed by atoms with E-state index in [4.69, 9.17) is 28.4 Å². The van der Waals surface area contributed by atoms with Crippen LogP contribution in [0.3, 0.4) is 0 Å². The summed E-state index contributed by atoms with van der Waals surface area (Å²) in [5.41, 5.74) is -10.6. The van der Waals surface area contributed by atoms with E-state index in [0.717, 1.165) is 33.0 Å². The number of aromatic hydroxyl groups is 1. The number of ketones is 5. The molecule has 332 valence electrons. The first-order chi connectivity index (χ1) is 28.4. The Kier molecular flexibility index (Phi) is 12.5. The highest BCUT2D eigenvalue weighted by atomic mass is 16.7. The first-order valence-electron chi connectivity index (χ1n) is 20.4. The largest absolute Gasteiger partial charge is 0.508 e. The van der Waals surface area contributed by atoms with Gasteiger partial charge in [0, 0.05) is 36.5 Å². The Bertz CT molecular complexity index is 2160. The Morgan fingerprint density at radius 3 is 2.21 bits per heavy atom. The molecule has 0 aromatic heterocycles. The number of esters is 1. The number of carbonyl (C=O) groups is 6. The minimum Gasteiger partial charge on any atom is -0.508 e. The molecular weight excluding hydrogens is 800 g/mol. The molecule has 17 heteroatoms. The summed E-state index contributed by atoms with van der Waals surface area (Å²) in [6.45, 7) is 12.7. The van der Waals surface area contributed by atoms with Crippen LogP contribution >= 0.6 is 0 Å². The van der Waals surface area contributed by atoms with Gasteiger partial charge in [0.05, 0.1) is 36.5 Å². The van der Waals surface area contributed by atoms with Crippen LogP contribution in [0.2, 0.25) is 0 Å². The zero-order chi connectivity index (χ0) is 45.3. The van der Waals surface area contributed by atoms with Crippen molar-refractivity contribution in [1.82, 2.24) is 0 Å². The fourth-order valence-corrected chi connectivity index (χ4v) is 9.38. The monoisotopic (exact) mass is 854 g/mol. The molecular formula is C44H54O17. The Balaban J connectivity index is 1.22. The van der Waals surface area contributed by atoms with Crippen molar-refractivity contribution in [3.63, 3.8) is 0 Å².